The highest BCUT2D eigenvalue weighted by molar-refractivity contribution is 5.93. The first-order valence-corrected chi connectivity index (χ1v) is 5.95. The largest absolute Gasteiger partial charge is 0.462 e. The summed E-state index contributed by atoms with van der Waals surface area (Å²) < 4.78 is 9.95. The lowest BCUT2D eigenvalue weighted by atomic mass is 10.1. The molecule has 0 aliphatic heterocycles. The summed E-state index contributed by atoms with van der Waals surface area (Å²) in [5.41, 5.74) is 0.647. The summed E-state index contributed by atoms with van der Waals surface area (Å²) in [6, 6.07) is 6.91. The molecule has 5 heteroatoms. The number of rotatable bonds is 3. The van der Waals surface area contributed by atoms with Crippen molar-refractivity contribution in [1.82, 2.24) is 0 Å². The Bertz CT molecular complexity index is 673. The van der Waals surface area contributed by atoms with Gasteiger partial charge in [-0.15, -0.1) is 0 Å². The minimum atomic E-state index is -0.677. The summed E-state index contributed by atoms with van der Waals surface area (Å²) in [6.07, 6.45) is 0. The second kappa shape index (κ2) is 5.14. The van der Waals surface area contributed by atoms with E-state index in [1.807, 2.05) is 31.1 Å². The molecule has 0 aliphatic carbocycles. The van der Waals surface area contributed by atoms with Crippen molar-refractivity contribution >= 4 is 22.6 Å². The lowest BCUT2D eigenvalue weighted by molar-refractivity contribution is 0.0522. The van der Waals surface area contributed by atoms with Crippen LogP contribution in [0, 0.1) is 0 Å². The zero-order valence-electron chi connectivity index (χ0n) is 11.1. The monoisotopic (exact) mass is 261 g/mol. The zero-order valence-corrected chi connectivity index (χ0v) is 11.1. The minimum Gasteiger partial charge on any atom is -0.462 e. The fraction of sp³-hybridized carbons (Fsp3) is 0.286. The van der Waals surface area contributed by atoms with Gasteiger partial charge in [-0.3, -0.25) is 0 Å². The minimum absolute atomic E-state index is 0.0785. The maximum Gasteiger partial charge on any atom is 0.351 e. The number of hydrogen-bond acceptors (Lipinski definition) is 5. The lowest BCUT2D eigenvalue weighted by Crippen LogP contribution is -2.16. The van der Waals surface area contributed by atoms with Crippen molar-refractivity contribution in [3.63, 3.8) is 0 Å². The molecule has 0 bridgehead atoms. The van der Waals surface area contributed by atoms with Gasteiger partial charge in [0.15, 0.2) is 0 Å². The summed E-state index contributed by atoms with van der Waals surface area (Å²) in [5, 5.41) is 0.689. The van der Waals surface area contributed by atoms with Crippen LogP contribution in [-0.2, 0) is 4.74 Å². The number of carbonyl (C=O) groups is 1. The highest BCUT2D eigenvalue weighted by Crippen LogP contribution is 2.20. The molecular weight excluding hydrogens is 246 g/mol. The molecule has 0 aliphatic rings. The first kappa shape index (κ1) is 13.1. The topological polar surface area (TPSA) is 59.8 Å². The van der Waals surface area contributed by atoms with E-state index in [1.54, 1.807) is 13.0 Å². The molecule has 5 nitrogen and oxygen atoms in total. The van der Waals surface area contributed by atoms with Crippen LogP contribution in [0.5, 0.6) is 0 Å². The van der Waals surface area contributed by atoms with Gasteiger partial charge in [0, 0.05) is 25.2 Å². The summed E-state index contributed by atoms with van der Waals surface area (Å²) in [5.74, 6) is -0.659. The Morgan fingerprint density at radius 3 is 2.68 bits per heavy atom. The van der Waals surface area contributed by atoms with Crippen LogP contribution in [0.25, 0.3) is 11.0 Å². The Labute approximate surface area is 110 Å². The van der Waals surface area contributed by atoms with Gasteiger partial charge in [-0.2, -0.15) is 0 Å². The van der Waals surface area contributed by atoms with Crippen molar-refractivity contribution in [2.45, 2.75) is 6.92 Å². The van der Waals surface area contributed by atoms with Gasteiger partial charge in [-0.25, -0.2) is 9.59 Å². The molecule has 2 aromatic rings. The van der Waals surface area contributed by atoms with E-state index < -0.39 is 11.6 Å². The van der Waals surface area contributed by atoms with E-state index in [-0.39, 0.29) is 12.2 Å². The highest BCUT2D eigenvalue weighted by atomic mass is 16.5. The van der Waals surface area contributed by atoms with Crippen LogP contribution in [0.2, 0.25) is 0 Å². The van der Waals surface area contributed by atoms with Gasteiger partial charge in [0.1, 0.15) is 11.1 Å². The predicted molar refractivity (Wildman–Crippen MR) is 72.8 cm³/mol. The number of carbonyl (C=O) groups excluding carboxylic acids is 1. The first-order chi connectivity index (χ1) is 9.02. The summed E-state index contributed by atoms with van der Waals surface area (Å²) in [6.45, 7) is 1.90. The predicted octanol–water partition coefficient (Wildman–Crippen LogP) is 2.04. The second-order valence-corrected chi connectivity index (χ2v) is 4.28. The van der Waals surface area contributed by atoms with E-state index in [4.69, 9.17) is 9.15 Å². The fourth-order valence-corrected chi connectivity index (χ4v) is 1.74. The second-order valence-electron chi connectivity index (χ2n) is 4.28. The SMILES string of the molecule is CCOC(=O)c1cc2cc(N(C)C)ccc2oc1=O. The molecule has 0 saturated heterocycles. The average molecular weight is 261 g/mol. The van der Waals surface area contributed by atoms with E-state index >= 15 is 0 Å². The molecule has 0 amide bonds. The third kappa shape index (κ3) is 2.59. The number of anilines is 1. The van der Waals surface area contributed by atoms with Gasteiger partial charge < -0.3 is 14.1 Å². The molecule has 2 rings (SSSR count). The Morgan fingerprint density at radius 1 is 1.32 bits per heavy atom. The Hall–Kier alpha value is -2.30. The lowest BCUT2D eigenvalue weighted by Gasteiger charge is -2.12. The van der Waals surface area contributed by atoms with Crippen molar-refractivity contribution in [3.8, 4) is 0 Å². The van der Waals surface area contributed by atoms with Crippen LogP contribution in [0.4, 0.5) is 5.69 Å². The third-order valence-electron chi connectivity index (χ3n) is 2.73. The molecule has 0 atom stereocenters. The molecule has 19 heavy (non-hydrogen) atoms. The molecule has 0 radical (unpaired) electrons. The van der Waals surface area contributed by atoms with Gasteiger partial charge >= 0.3 is 11.6 Å². The third-order valence-corrected chi connectivity index (χ3v) is 2.73. The van der Waals surface area contributed by atoms with E-state index in [1.165, 1.54) is 6.07 Å². The Kier molecular flexibility index (Phi) is 3.55. The van der Waals surface area contributed by atoms with Gasteiger partial charge in [0.05, 0.1) is 6.61 Å². The smallest absolute Gasteiger partial charge is 0.351 e. The standard InChI is InChI=1S/C14H15NO4/c1-4-18-13(16)11-8-9-7-10(15(2)3)5-6-12(9)19-14(11)17/h5-8H,4H2,1-3H3. The van der Waals surface area contributed by atoms with E-state index in [0.29, 0.717) is 11.0 Å². The molecule has 1 aromatic heterocycles. The molecule has 0 unspecified atom stereocenters. The number of ether oxygens (including phenoxy) is 1. The molecule has 0 spiro atoms. The van der Waals surface area contributed by atoms with Gasteiger partial charge in [-0.05, 0) is 31.2 Å². The molecule has 100 valence electrons. The number of benzene rings is 1. The summed E-state index contributed by atoms with van der Waals surface area (Å²) in [7, 11) is 3.82. The Morgan fingerprint density at radius 2 is 2.05 bits per heavy atom. The van der Waals surface area contributed by atoms with Crippen LogP contribution < -0.4 is 10.5 Å². The number of hydrogen-bond donors (Lipinski definition) is 0. The molecule has 1 heterocycles. The van der Waals surface area contributed by atoms with Gasteiger partial charge in [0.25, 0.3) is 0 Å². The summed E-state index contributed by atoms with van der Waals surface area (Å²) >= 11 is 0. The average Bonchev–Trinajstić information content (AvgIpc) is 2.37. The number of nitrogens with zero attached hydrogens (tertiary/aromatic N) is 1. The number of esters is 1. The van der Waals surface area contributed by atoms with E-state index in [9.17, 15) is 9.59 Å². The van der Waals surface area contributed by atoms with Crippen molar-refractivity contribution in [3.05, 3.63) is 40.2 Å². The first-order valence-electron chi connectivity index (χ1n) is 5.95. The molecule has 1 aromatic carbocycles. The van der Waals surface area contributed by atoms with Crippen LogP contribution in [0.3, 0.4) is 0 Å². The number of fused-ring (bicyclic) bond motifs is 1. The van der Waals surface area contributed by atoms with Crippen molar-refractivity contribution < 1.29 is 13.9 Å². The van der Waals surface area contributed by atoms with Crippen molar-refractivity contribution in [1.29, 1.82) is 0 Å². The summed E-state index contributed by atoms with van der Waals surface area (Å²) in [4.78, 5) is 25.3. The maximum absolute atomic E-state index is 11.7. The zero-order chi connectivity index (χ0) is 14.0. The van der Waals surface area contributed by atoms with Crippen LogP contribution in [-0.4, -0.2) is 26.7 Å². The normalized spacial score (nSPS) is 10.5. The van der Waals surface area contributed by atoms with Crippen LogP contribution in [0.1, 0.15) is 17.3 Å². The van der Waals surface area contributed by atoms with Gasteiger partial charge in [0.2, 0.25) is 0 Å². The van der Waals surface area contributed by atoms with Crippen molar-refractivity contribution in [2.24, 2.45) is 0 Å². The fourth-order valence-electron chi connectivity index (χ4n) is 1.74. The van der Waals surface area contributed by atoms with E-state index in [0.717, 1.165) is 5.69 Å². The van der Waals surface area contributed by atoms with E-state index in [2.05, 4.69) is 0 Å². The molecular formula is C14H15NO4. The molecule has 0 fully saturated rings. The van der Waals surface area contributed by atoms with Gasteiger partial charge in [-0.1, -0.05) is 0 Å². The molecule has 0 saturated carbocycles. The van der Waals surface area contributed by atoms with Crippen LogP contribution >= 0.6 is 0 Å². The van der Waals surface area contributed by atoms with Crippen molar-refractivity contribution in [2.75, 3.05) is 25.6 Å². The Balaban J connectivity index is 2.58. The molecule has 0 N–H and O–H groups in total. The van der Waals surface area contributed by atoms with Crippen LogP contribution in [0.15, 0.2) is 33.5 Å². The maximum atomic E-state index is 11.7. The highest BCUT2D eigenvalue weighted by Gasteiger charge is 2.14. The quantitative estimate of drug-likeness (QED) is 0.625.